The average molecular weight is 459 g/mol. The van der Waals surface area contributed by atoms with Crippen molar-refractivity contribution in [1.82, 2.24) is 14.7 Å². The number of aromatic nitrogens is 2. The van der Waals surface area contributed by atoms with Gasteiger partial charge in [0.05, 0.1) is 16.9 Å². The third-order valence-corrected chi connectivity index (χ3v) is 6.05. The Morgan fingerprint density at radius 1 is 0.970 bits per heavy atom. The predicted octanol–water partition coefficient (Wildman–Crippen LogP) is 5.26. The molecule has 0 aliphatic carbocycles. The summed E-state index contributed by atoms with van der Waals surface area (Å²) in [7, 11) is 0. The van der Waals surface area contributed by atoms with Crippen LogP contribution < -0.4 is 10.6 Å². The molecule has 0 spiro atoms. The number of nitrogens with one attached hydrogen (secondary N) is 2. The number of benzene rings is 2. The number of anilines is 1. The molecule has 0 radical (unpaired) electrons. The first kappa shape index (κ1) is 22.6. The SMILES string of the molecule is CC(C)CNC(=O)c1ccccc1NC(=O)c1ccc(SCc2cn3ccccc3n2)cc1. The van der Waals surface area contributed by atoms with Crippen LogP contribution in [0.1, 0.15) is 40.3 Å². The van der Waals surface area contributed by atoms with E-state index in [0.29, 0.717) is 29.3 Å². The van der Waals surface area contributed by atoms with Crippen molar-refractivity contribution in [1.29, 1.82) is 0 Å². The van der Waals surface area contributed by atoms with Crippen LogP contribution >= 0.6 is 11.8 Å². The summed E-state index contributed by atoms with van der Waals surface area (Å²) >= 11 is 1.67. The van der Waals surface area contributed by atoms with E-state index in [1.165, 1.54) is 0 Å². The smallest absolute Gasteiger partial charge is 0.255 e. The second-order valence-electron chi connectivity index (χ2n) is 8.11. The van der Waals surface area contributed by atoms with E-state index in [-0.39, 0.29) is 11.8 Å². The van der Waals surface area contributed by atoms with Crippen molar-refractivity contribution in [2.75, 3.05) is 11.9 Å². The number of amides is 2. The summed E-state index contributed by atoms with van der Waals surface area (Å²) < 4.78 is 2.00. The molecular weight excluding hydrogens is 432 g/mol. The topological polar surface area (TPSA) is 75.5 Å². The molecular formula is C26H26N4O2S. The Hall–Kier alpha value is -3.58. The summed E-state index contributed by atoms with van der Waals surface area (Å²) in [5, 5.41) is 5.76. The van der Waals surface area contributed by atoms with Gasteiger partial charge in [0.15, 0.2) is 0 Å². The fraction of sp³-hybridized carbons (Fsp3) is 0.192. The third kappa shape index (κ3) is 5.81. The molecule has 33 heavy (non-hydrogen) atoms. The molecule has 0 aliphatic rings. The van der Waals surface area contributed by atoms with Crippen LogP contribution in [-0.4, -0.2) is 27.7 Å². The van der Waals surface area contributed by atoms with Crippen LogP contribution in [0.2, 0.25) is 0 Å². The highest BCUT2D eigenvalue weighted by Gasteiger charge is 2.14. The quantitative estimate of drug-likeness (QED) is 0.353. The number of hydrogen-bond acceptors (Lipinski definition) is 4. The first-order valence-corrected chi connectivity index (χ1v) is 11.8. The van der Waals surface area contributed by atoms with Crippen molar-refractivity contribution in [3.05, 3.63) is 95.9 Å². The highest BCUT2D eigenvalue weighted by Crippen LogP contribution is 2.24. The summed E-state index contributed by atoms with van der Waals surface area (Å²) in [6, 6.07) is 20.4. The van der Waals surface area contributed by atoms with Gasteiger partial charge < -0.3 is 15.0 Å². The lowest BCUT2D eigenvalue weighted by molar-refractivity contribution is 0.0950. The third-order valence-electron chi connectivity index (χ3n) is 5.01. The monoisotopic (exact) mass is 458 g/mol. The van der Waals surface area contributed by atoms with E-state index >= 15 is 0 Å². The van der Waals surface area contributed by atoms with Crippen LogP contribution in [0.5, 0.6) is 0 Å². The maximum absolute atomic E-state index is 12.8. The maximum Gasteiger partial charge on any atom is 0.255 e. The Bertz CT molecular complexity index is 1230. The van der Waals surface area contributed by atoms with Gasteiger partial charge in [-0.15, -0.1) is 11.8 Å². The van der Waals surface area contributed by atoms with Crippen LogP contribution in [0.25, 0.3) is 5.65 Å². The van der Waals surface area contributed by atoms with Gasteiger partial charge in [-0.05, 0) is 54.4 Å². The zero-order chi connectivity index (χ0) is 23.2. The molecule has 2 amide bonds. The first-order chi connectivity index (χ1) is 16.0. The average Bonchev–Trinajstić information content (AvgIpc) is 3.25. The van der Waals surface area contributed by atoms with E-state index in [1.54, 1.807) is 48.2 Å². The second kappa shape index (κ2) is 10.4. The van der Waals surface area contributed by atoms with Gasteiger partial charge >= 0.3 is 0 Å². The van der Waals surface area contributed by atoms with Crippen LogP contribution in [0.15, 0.2) is 84.0 Å². The zero-order valence-electron chi connectivity index (χ0n) is 18.6. The Labute approximate surface area is 197 Å². The van der Waals surface area contributed by atoms with Crippen LogP contribution in [-0.2, 0) is 5.75 Å². The maximum atomic E-state index is 12.8. The summed E-state index contributed by atoms with van der Waals surface area (Å²) in [6.07, 6.45) is 4.01. The summed E-state index contributed by atoms with van der Waals surface area (Å²) in [6.45, 7) is 4.65. The van der Waals surface area contributed by atoms with Gasteiger partial charge in [-0.1, -0.05) is 32.0 Å². The van der Waals surface area contributed by atoms with Gasteiger partial charge in [0.25, 0.3) is 11.8 Å². The van der Waals surface area contributed by atoms with E-state index < -0.39 is 0 Å². The molecule has 0 atom stereocenters. The lowest BCUT2D eigenvalue weighted by atomic mass is 10.1. The second-order valence-corrected chi connectivity index (χ2v) is 9.16. The van der Waals surface area contributed by atoms with Gasteiger partial charge in [0.1, 0.15) is 5.65 Å². The van der Waals surface area contributed by atoms with E-state index in [9.17, 15) is 9.59 Å². The molecule has 0 aliphatic heterocycles. The number of imidazole rings is 1. The fourth-order valence-electron chi connectivity index (χ4n) is 3.29. The number of para-hydroxylation sites is 1. The minimum atomic E-state index is -0.254. The number of rotatable bonds is 8. The van der Waals surface area contributed by atoms with Gasteiger partial charge in [0, 0.05) is 35.2 Å². The number of carbonyl (C=O) groups excluding carboxylic acids is 2. The van der Waals surface area contributed by atoms with Crippen molar-refractivity contribution in [2.45, 2.75) is 24.5 Å². The minimum absolute atomic E-state index is 0.196. The first-order valence-electron chi connectivity index (χ1n) is 10.8. The van der Waals surface area contributed by atoms with E-state index in [4.69, 9.17) is 0 Å². The number of thioether (sulfide) groups is 1. The molecule has 0 fully saturated rings. The molecule has 4 aromatic rings. The fourth-order valence-corrected chi connectivity index (χ4v) is 4.08. The van der Waals surface area contributed by atoms with Crippen molar-refractivity contribution in [3.8, 4) is 0 Å². The normalized spacial score (nSPS) is 11.0. The highest BCUT2D eigenvalue weighted by molar-refractivity contribution is 7.98. The standard InChI is InChI=1S/C26H26N4O2S/c1-18(2)15-27-26(32)22-7-3-4-8-23(22)29-25(31)19-10-12-21(13-11-19)33-17-20-16-30-14-6-5-9-24(30)28-20/h3-14,16,18H,15,17H2,1-2H3,(H,27,32)(H,29,31). The van der Waals surface area contributed by atoms with Crippen molar-refractivity contribution in [2.24, 2.45) is 5.92 Å². The van der Waals surface area contributed by atoms with Crippen molar-refractivity contribution < 1.29 is 9.59 Å². The van der Waals surface area contributed by atoms with Gasteiger partial charge in [-0.3, -0.25) is 9.59 Å². The van der Waals surface area contributed by atoms with Crippen LogP contribution in [0.3, 0.4) is 0 Å². The minimum Gasteiger partial charge on any atom is -0.352 e. The lowest BCUT2D eigenvalue weighted by Gasteiger charge is -2.12. The number of fused-ring (bicyclic) bond motifs is 1. The molecule has 2 aromatic carbocycles. The summed E-state index contributed by atoms with van der Waals surface area (Å²) in [4.78, 5) is 31.0. The van der Waals surface area contributed by atoms with Crippen molar-refractivity contribution in [3.63, 3.8) is 0 Å². The Morgan fingerprint density at radius 3 is 2.48 bits per heavy atom. The molecule has 4 rings (SSSR count). The van der Waals surface area contributed by atoms with Gasteiger partial charge in [-0.25, -0.2) is 4.98 Å². The van der Waals surface area contributed by atoms with Gasteiger partial charge in [0.2, 0.25) is 0 Å². The lowest BCUT2D eigenvalue weighted by Crippen LogP contribution is -2.28. The molecule has 0 saturated heterocycles. The Morgan fingerprint density at radius 2 is 1.73 bits per heavy atom. The summed E-state index contributed by atoms with van der Waals surface area (Å²) in [5.41, 5.74) is 3.41. The largest absolute Gasteiger partial charge is 0.352 e. The molecule has 0 saturated carbocycles. The van der Waals surface area contributed by atoms with Crippen LogP contribution in [0, 0.1) is 5.92 Å². The highest BCUT2D eigenvalue weighted by atomic mass is 32.2. The molecule has 0 bridgehead atoms. The molecule has 2 aromatic heterocycles. The molecule has 6 nitrogen and oxygen atoms in total. The number of hydrogen-bond donors (Lipinski definition) is 2. The van der Waals surface area contributed by atoms with E-state index in [0.717, 1.165) is 22.0 Å². The number of nitrogens with zero attached hydrogens (tertiary/aromatic N) is 2. The summed E-state index contributed by atoms with van der Waals surface area (Å²) in [5.74, 6) is 0.639. The molecule has 2 heterocycles. The molecule has 168 valence electrons. The molecule has 2 N–H and O–H groups in total. The molecule has 7 heteroatoms. The molecule has 0 unspecified atom stereocenters. The van der Waals surface area contributed by atoms with E-state index in [1.807, 2.05) is 61.0 Å². The number of pyridine rings is 1. The Balaban J connectivity index is 1.38. The van der Waals surface area contributed by atoms with E-state index in [2.05, 4.69) is 15.6 Å². The van der Waals surface area contributed by atoms with Crippen LogP contribution in [0.4, 0.5) is 5.69 Å². The van der Waals surface area contributed by atoms with Gasteiger partial charge in [-0.2, -0.15) is 0 Å². The number of carbonyl (C=O) groups is 2. The predicted molar refractivity (Wildman–Crippen MR) is 133 cm³/mol. The zero-order valence-corrected chi connectivity index (χ0v) is 19.4. The Kier molecular flexibility index (Phi) is 7.10. The van der Waals surface area contributed by atoms with Crippen molar-refractivity contribution >= 4 is 34.9 Å².